The summed E-state index contributed by atoms with van der Waals surface area (Å²) in [7, 11) is 0. The lowest BCUT2D eigenvalue weighted by atomic mass is 10.0. The summed E-state index contributed by atoms with van der Waals surface area (Å²) < 4.78 is 0. The molecule has 1 aromatic carbocycles. The number of hydrogen-bond acceptors (Lipinski definition) is 3. The summed E-state index contributed by atoms with van der Waals surface area (Å²) in [5.41, 5.74) is 6.76. The number of nitrogens with zero attached hydrogens (tertiary/aromatic N) is 1. The number of fused-ring (bicyclic) bond motifs is 1. The van der Waals surface area contributed by atoms with E-state index in [9.17, 15) is 9.59 Å². The smallest absolute Gasteiger partial charge is 0.261 e. The summed E-state index contributed by atoms with van der Waals surface area (Å²) in [6.45, 7) is 1.14. The number of amides is 2. The van der Waals surface area contributed by atoms with E-state index in [1.807, 2.05) is 0 Å². The van der Waals surface area contributed by atoms with E-state index in [4.69, 9.17) is 5.73 Å². The fourth-order valence-corrected chi connectivity index (χ4v) is 2.69. The van der Waals surface area contributed by atoms with Gasteiger partial charge in [0.15, 0.2) is 0 Å². The first-order chi connectivity index (χ1) is 8.67. The van der Waals surface area contributed by atoms with Gasteiger partial charge < -0.3 is 5.73 Å². The topological polar surface area (TPSA) is 63.4 Å². The van der Waals surface area contributed by atoms with Crippen molar-refractivity contribution in [3.05, 3.63) is 35.4 Å². The third-order valence-electron chi connectivity index (χ3n) is 4.00. The second-order valence-corrected chi connectivity index (χ2v) is 5.28. The van der Waals surface area contributed by atoms with Crippen LogP contribution in [0.15, 0.2) is 24.3 Å². The summed E-state index contributed by atoms with van der Waals surface area (Å²) in [6.07, 6.45) is 3.02. The summed E-state index contributed by atoms with van der Waals surface area (Å²) >= 11 is 0. The first-order valence-corrected chi connectivity index (χ1v) is 6.32. The van der Waals surface area contributed by atoms with Crippen LogP contribution in [0.25, 0.3) is 0 Å². The molecule has 1 fully saturated rings. The Bertz CT molecular complexity index is 485. The molecule has 4 heteroatoms. The molecular formula is C14H16N2O2. The molecule has 0 radical (unpaired) electrons. The van der Waals surface area contributed by atoms with Crippen LogP contribution in [-0.2, 0) is 0 Å². The first-order valence-electron chi connectivity index (χ1n) is 6.32. The first kappa shape index (κ1) is 11.4. The summed E-state index contributed by atoms with van der Waals surface area (Å²) in [4.78, 5) is 25.8. The van der Waals surface area contributed by atoms with Crippen molar-refractivity contribution >= 4 is 11.8 Å². The zero-order valence-corrected chi connectivity index (χ0v) is 10.2. The lowest BCUT2D eigenvalue weighted by molar-refractivity contribution is 0.0617. The van der Waals surface area contributed by atoms with Gasteiger partial charge in [0.2, 0.25) is 0 Å². The van der Waals surface area contributed by atoms with Crippen LogP contribution in [0.3, 0.4) is 0 Å². The van der Waals surface area contributed by atoms with Gasteiger partial charge in [0.25, 0.3) is 11.8 Å². The molecule has 2 amide bonds. The number of carbonyl (C=O) groups excluding carboxylic acids is 2. The molecule has 0 bridgehead atoms. The molecule has 0 unspecified atom stereocenters. The third-order valence-corrected chi connectivity index (χ3v) is 4.00. The van der Waals surface area contributed by atoms with Crippen molar-refractivity contribution in [2.75, 3.05) is 13.1 Å². The summed E-state index contributed by atoms with van der Waals surface area (Å²) in [5, 5.41) is 0. The molecule has 0 aromatic heterocycles. The van der Waals surface area contributed by atoms with Crippen molar-refractivity contribution in [2.24, 2.45) is 11.1 Å². The molecule has 1 aliphatic carbocycles. The molecular weight excluding hydrogens is 228 g/mol. The Morgan fingerprint density at radius 2 is 1.67 bits per heavy atom. The van der Waals surface area contributed by atoms with E-state index < -0.39 is 0 Å². The highest BCUT2D eigenvalue weighted by atomic mass is 16.2. The minimum Gasteiger partial charge on any atom is -0.330 e. The minimum atomic E-state index is -0.154. The van der Waals surface area contributed by atoms with Gasteiger partial charge in [-0.2, -0.15) is 0 Å². The van der Waals surface area contributed by atoms with Gasteiger partial charge in [0, 0.05) is 6.54 Å². The molecule has 18 heavy (non-hydrogen) atoms. The van der Waals surface area contributed by atoms with Crippen molar-refractivity contribution in [1.82, 2.24) is 4.90 Å². The van der Waals surface area contributed by atoms with E-state index >= 15 is 0 Å². The van der Waals surface area contributed by atoms with Crippen molar-refractivity contribution < 1.29 is 9.59 Å². The highest BCUT2D eigenvalue weighted by Crippen LogP contribution is 2.49. The van der Waals surface area contributed by atoms with E-state index in [2.05, 4.69) is 0 Å². The number of benzene rings is 1. The van der Waals surface area contributed by atoms with Gasteiger partial charge in [-0.05, 0) is 43.4 Å². The van der Waals surface area contributed by atoms with Gasteiger partial charge in [-0.1, -0.05) is 12.1 Å². The number of rotatable bonds is 4. The van der Waals surface area contributed by atoms with Crippen LogP contribution >= 0.6 is 0 Å². The molecule has 94 valence electrons. The normalized spacial score (nSPS) is 20.2. The van der Waals surface area contributed by atoms with Crippen molar-refractivity contribution in [3.63, 3.8) is 0 Å². The van der Waals surface area contributed by atoms with Crippen molar-refractivity contribution in [3.8, 4) is 0 Å². The van der Waals surface area contributed by atoms with E-state index in [1.165, 1.54) is 4.90 Å². The Morgan fingerprint density at radius 1 is 1.11 bits per heavy atom. The van der Waals surface area contributed by atoms with Crippen LogP contribution in [0.1, 0.15) is 40.0 Å². The lowest BCUT2D eigenvalue weighted by Gasteiger charge is -2.21. The molecule has 2 N–H and O–H groups in total. The average Bonchev–Trinajstić information content (AvgIpc) is 3.10. The largest absolute Gasteiger partial charge is 0.330 e. The Hall–Kier alpha value is -1.68. The van der Waals surface area contributed by atoms with Gasteiger partial charge in [0.05, 0.1) is 11.1 Å². The molecule has 0 saturated heterocycles. The molecule has 4 nitrogen and oxygen atoms in total. The van der Waals surface area contributed by atoms with E-state index in [-0.39, 0.29) is 17.2 Å². The monoisotopic (exact) mass is 244 g/mol. The van der Waals surface area contributed by atoms with Crippen LogP contribution in [0.4, 0.5) is 0 Å². The molecule has 0 spiro atoms. The quantitative estimate of drug-likeness (QED) is 0.814. The van der Waals surface area contributed by atoms with Gasteiger partial charge in [0.1, 0.15) is 0 Å². The predicted molar refractivity (Wildman–Crippen MR) is 67.1 cm³/mol. The van der Waals surface area contributed by atoms with Crippen LogP contribution in [0.2, 0.25) is 0 Å². The van der Waals surface area contributed by atoms with Crippen molar-refractivity contribution in [1.29, 1.82) is 0 Å². The molecule has 1 aromatic rings. The van der Waals surface area contributed by atoms with Crippen LogP contribution < -0.4 is 5.73 Å². The maximum absolute atomic E-state index is 12.2. The van der Waals surface area contributed by atoms with Gasteiger partial charge >= 0.3 is 0 Å². The van der Waals surface area contributed by atoms with E-state index in [0.717, 1.165) is 19.3 Å². The Morgan fingerprint density at radius 3 is 2.11 bits per heavy atom. The van der Waals surface area contributed by atoms with Crippen LogP contribution in [0.5, 0.6) is 0 Å². The second kappa shape index (κ2) is 3.92. The summed E-state index contributed by atoms with van der Waals surface area (Å²) in [5.74, 6) is -0.308. The van der Waals surface area contributed by atoms with Crippen molar-refractivity contribution in [2.45, 2.75) is 19.3 Å². The molecule has 1 heterocycles. The second-order valence-electron chi connectivity index (χ2n) is 5.28. The Kier molecular flexibility index (Phi) is 2.48. The lowest BCUT2D eigenvalue weighted by Crippen LogP contribution is -2.36. The maximum Gasteiger partial charge on any atom is 0.261 e. The number of hydrogen-bond donors (Lipinski definition) is 1. The van der Waals surface area contributed by atoms with E-state index in [1.54, 1.807) is 24.3 Å². The SMILES string of the molecule is NCCC1(CN2C(=O)c3ccccc3C2=O)CC1. The van der Waals surface area contributed by atoms with Gasteiger partial charge in [-0.3, -0.25) is 14.5 Å². The maximum atomic E-state index is 12.2. The number of carbonyl (C=O) groups is 2. The third kappa shape index (κ3) is 1.64. The Labute approximate surface area is 106 Å². The molecule has 1 saturated carbocycles. The van der Waals surface area contributed by atoms with E-state index in [0.29, 0.717) is 24.2 Å². The summed E-state index contributed by atoms with van der Waals surface area (Å²) in [6, 6.07) is 7.02. The molecule has 3 rings (SSSR count). The fraction of sp³-hybridized carbons (Fsp3) is 0.429. The standard InChI is InChI=1S/C14H16N2O2/c15-8-7-14(5-6-14)9-16-12(17)10-3-1-2-4-11(10)13(16)18/h1-4H,5-9,15H2. The number of imide groups is 1. The zero-order chi connectivity index (χ0) is 12.8. The van der Waals surface area contributed by atoms with Crippen LogP contribution in [-0.4, -0.2) is 29.8 Å². The minimum absolute atomic E-state index is 0.0993. The molecule has 0 atom stereocenters. The van der Waals surface area contributed by atoms with Crippen LogP contribution in [0, 0.1) is 5.41 Å². The highest BCUT2D eigenvalue weighted by Gasteiger charge is 2.47. The average molecular weight is 244 g/mol. The fourth-order valence-electron chi connectivity index (χ4n) is 2.69. The molecule has 1 aliphatic heterocycles. The molecule has 2 aliphatic rings. The highest BCUT2D eigenvalue weighted by molar-refractivity contribution is 6.21. The van der Waals surface area contributed by atoms with Gasteiger partial charge in [-0.25, -0.2) is 0 Å². The zero-order valence-electron chi connectivity index (χ0n) is 10.2. The van der Waals surface area contributed by atoms with Gasteiger partial charge in [-0.15, -0.1) is 0 Å². The number of nitrogens with two attached hydrogens (primary N) is 1. The predicted octanol–water partition coefficient (Wildman–Crippen LogP) is 1.41. The Balaban J connectivity index is 1.84.